The lowest BCUT2D eigenvalue weighted by Gasteiger charge is -2.06. The van der Waals surface area contributed by atoms with Gasteiger partial charge in [0.1, 0.15) is 11.3 Å². The average molecular weight is 326 g/mol. The molecule has 0 saturated heterocycles. The highest BCUT2D eigenvalue weighted by Crippen LogP contribution is 2.38. The molecular weight excluding hydrogens is 312 g/mol. The fourth-order valence-corrected chi connectivity index (χ4v) is 2.76. The Morgan fingerprint density at radius 2 is 2.17 bits per heavy atom. The zero-order valence-electron chi connectivity index (χ0n) is 13.1. The summed E-state index contributed by atoms with van der Waals surface area (Å²) in [6.45, 7) is 1.98. The first kappa shape index (κ1) is 14.4. The van der Waals surface area contributed by atoms with Crippen LogP contribution in [0.25, 0.3) is 11.4 Å². The molecule has 122 valence electrons. The minimum absolute atomic E-state index is 0.123. The van der Waals surface area contributed by atoms with Crippen molar-refractivity contribution in [3.05, 3.63) is 62.3 Å². The van der Waals surface area contributed by atoms with Crippen molar-refractivity contribution in [3.8, 4) is 17.1 Å². The third-order valence-electron chi connectivity index (χ3n) is 4.03. The van der Waals surface area contributed by atoms with E-state index in [-0.39, 0.29) is 17.5 Å². The predicted molar refractivity (Wildman–Crippen MR) is 83.8 cm³/mol. The SMILES string of the molecule is Cc1cccc2c1OC(c1nc(-c3cn(C)c(=O)[nH]c3=O)no1)C2. The van der Waals surface area contributed by atoms with Crippen molar-refractivity contribution >= 4 is 0 Å². The molecule has 0 fully saturated rings. The number of hydrogen-bond acceptors (Lipinski definition) is 6. The van der Waals surface area contributed by atoms with Crippen LogP contribution in [0.3, 0.4) is 0 Å². The molecule has 0 amide bonds. The van der Waals surface area contributed by atoms with Gasteiger partial charge in [-0.1, -0.05) is 23.4 Å². The molecule has 0 bridgehead atoms. The number of aromatic amines is 1. The maximum absolute atomic E-state index is 11.9. The highest BCUT2D eigenvalue weighted by molar-refractivity contribution is 5.51. The Morgan fingerprint density at radius 3 is 2.96 bits per heavy atom. The van der Waals surface area contributed by atoms with Crippen molar-refractivity contribution in [2.24, 2.45) is 7.05 Å². The highest BCUT2D eigenvalue weighted by Gasteiger charge is 2.30. The minimum Gasteiger partial charge on any atom is -0.480 e. The van der Waals surface area contributed by atoms with Gasteiger partial charge in [-0.2, -0.15) is 4.98 Å². The summed E-state index contributed by atoms with van der Waals surface area (Å²) in [5.74, 6) is 1.26. The number of benzene rings is 1. The van der Waals surface area contributed by atoms with E-state index in [1.54, 1.807) is 0 Å². The molecule has 1 unspecified atom stereocenters. The molecule has 0 saturated carbocycles. The first-order valence-corrected chi connectivity index (χ1v) is 7.42. The monoisotopic (exact) mass is 326 g/mol. The maximum Gasteiger partial charge on any atom is 0.328 e. The molecule has 2 aromatic heterocycles. The lowest BCUT2D eigenvalue weighted by Crippen LogP contribution is -2.28. The summed E-state index contributed by atoms with van der Waals surface area (Å²) >= 11 is 0. The van der Waals surface area contributed by atoms with Gasteiger partial charge in [0.25, 0.3) is 11.4 Å². The van der Waals surface area contributed by atoms with Gasteiger partial charge in [0, 0.05) is 19.7 Å². The number of nitrogens with one attached hydrogen (secondary N) is 1. The number of H-pyrrole nitrogens is 1. The van der Waals surface area contributed by atoms with Crippen LogP contribution in [0, 0.1) is 6.92 Å². The normalized spacial score (nSPS) is 16.0. The Balaban J connectivity index is 1.68. The summed E-state index contributed by atoms with van der Waals surface area (Å²) in [5.41, 5.74) is 1.23. The summed E-state index contributed by atoms with van der Waals surface area (Å²) in [6.07, 6.45) is 1.63. The minimum atomic E-state index is -0.558. The largest absolute Gasteiger partial charge is 0.480 e. The second-order valence-electron chi connectivity index (χ2n) is 5.74. The molecule has 0 spiro atoms. The first-order chi connectivity index (χ1) is 11.5. The van der Waals surface area contributed by atoms with Crippen LogP contribution in [0.15, 0.2) is 38.5 Å². The van der Waals surface area contributed by atoms with Crippen molar-refractivity contribution in [1.82, 2.24) is 19.7 Å². The Hall–Kier alpha value is -3.16. The number of aromatic nitrogens is 4. The quantitative estimate of drug-likeness (QED) is 0.756. The number of rotatable bonds is 2. The van der Waals surface area contributed by atoms with Crippen molar-refractivity contribution in [3.63, 3.8) is 0 Å². The molecule has 1 atom stereocenters. The number of nitrogens with zero attached hydrogens (tertiary/aromatic N) is 3. The van der Waals surface area contributed by atoms with Crippen LogP contribution in [0.5, 0.6) is 5.75 Å². The zero-order valence-corrected chi connectivity index (χ0v) is 13.1. The Kier molecular flexibility index (Phi) is 3.12. The fourth-order valence-electron chi connectivity index (χ4n) is 2.76. The lowest BCUT2D eigenvalue weighted by molar-refractivity contribution is 0.182. The molecule has 0 radical (unpaired) electrons. The topological polar surface area (TPSA) is 103 Å². The van der Waals surface area contributed by atoms with Crippen LogP contribution >= 0.6 is 0 Å². The Labute approximate surface area is 135 Å². The molecular formula is C16H14N4O4. The Morgan fingerprint density at radius 1 is 1.33 bits per heavy atom. The van der Waals surface area contributed by atoms with Gasteiger partial charge in [0.05, 0.1) is 0 Å². The molecule has 1 aliphatic rings. The highest BCUT2D eigenvalue weighted by atomic mass is 16.5. The summed E-state index contributed by atoms with van der Waals surface area (Å²) in [6, 6.07) is 5.95. The number of aryl methyl sites for hydroxylation is 2. The fraction of sp³-hybridized carbons (Fsp3) is 0.250. The van der Waals surface area contributed by atoms with Gasteiger partial charge in [-0.15, -0.1) is 0 Å². The van der Waals surface area contributed by atoms with Crippen LogP contribution in [0.1, 0.15) is 23.1 Å². The van der Waals surface area contributed by atoms with E-state index in [2.05, 4.69) is 15.1 Å². The number of para-hydroxylation sites is 1. The van der Waals surface area contributed by atoms with Gasteiger partial charge < -0.3 is 13.8 Å². The van der Waals surface area contributed by atoms with Crippen molar-refractivity contribution < 1.29 is 9.26 Å². The molecule has 1 aliphatic heterocycles. The first-order valence-electron chi connectivity index (χ1n) is 7.42. The maximum atomic E-state index is 11.9. The molecule has 0 aliphatic carbocycles. The van der Waals surface area contributed by atoms with Gasteiger partial charge in [-0.05, 0) is 18.1 Å². The zero-order chi connectivity index (χ0) is 16.8. The van der Waals surface area contributed by atoms with Crippen molar-refractivity contribution in [1.29, 1.82) is 0 Å². The van der Waals surface area contributed by atoms with Gasteiger partial charge in [-0.25, -0.2) is 4.79 Å². The van der Waals surface area contributed by atoms with E-state index in [4.69, 9.17) is 9.26 Å². The summed E-state index contributed by atoms with van der Waals surface area (Å²) in [4.78, 5) is 29.8. The number of hydrogen-bond donors (Lipinski definition) is 1. The number of fused-ring (bicyclic) bond motifs is 1. The molecule has 24 heavy (non-hydrogen) atoms. The van der Waals surface area contributed by atoms with Crippen molar-refractivity contribution in [2.75, 3.05) is 0 Å². The van der Waals surface area contributed by atoms with Gasteiger partial charge in [-0.3, -0.25) is 9.78 Å². The van der Waals surface area contributed by atoms with E-state index in [1.165, 1.54) is 17.8 Å². The van der Waals surface area contributed by atoms with E-state index in [1.807, 2.05) is 25.1 Å². The van der Waals surface area contributed by atoms with Crippen LogP contribution < -0.4 is 16.0 Å². The molecule has 8 heteroatoms. The molecule has 1 aromatic carbocycles. The Bertz CT molecular complexity index is 1050. The van der Waals surface area contributed by atoms with Crippen molar-refractivity contribution in [2.45, 2.75) is 19.4 Å². The smallest absolute Gasteiger partial charge is 0.328 e. The van der Waals surface area contributed by atoms with Gasteiger partial charge in [0.2, 0.25) is 5.82 Å². The van der Waals surface area contributed by atoms with E-state index in [9.17, 15) is 9.59 Å². The second kappa shape index (κ2) is 5.19. The van der Waals surface area contributed by atoms with Gasteiger partial charge in [0.15, 0.2) is 6.10 Å². The number of ether oxygens (including phenoxy) is 1. The lowest BCUT2D eigenvalue weighted by atomic mass is 10.1. The van der Waals surface area contributed by atoms with Crippen LogP contribution in [0.4, 0.5) is 0 Å². The summed E-state index contributed by atoms with van der Waals surface area (Å²) in [7, 11) is 1.53. The third-order valence-corrected chi connectivity index (χ3v) is 4.03. The summed E-state index contributed by atoms with van der Waals surface area (Å²) < 4.78 is 12.4. The standard InChI is InChI=1S/C16H14N4O4/c1-8-4-3-5-9-6-11(23-12(8)9)15-17-13(19-24-15)10-7-20(2)16(22)18-14(10)21/h3-5,7,11H,6H2,1-2H3,(H,18,21,22). The van der Waals surface area contributed by atoms with E-state index >= 15 is 0 Å². The molecule has 4 rings (SSSR count). The van der Waals surface area contributed by atoms with E-state index < -0.39 is 11.2 Å². The van der Waals surface area contributed by atoms with Crippen LogP contribution in [0.2, 0.25) is 0 Å². The molecule has 3 aromatic rings. The summed E-state index contributed by atoms with van der Waals surface area (Å²) in [5, 5.41) is 3.85. The molecule has 1 N–H and O–H groups in total. The third kappa shape index (κ3) is 2.23. The average Bonchev–Trinajstić information content (AvgIpc) is 3.18. The van der Waals surface area contributed by atoms with Crippen LogP contribution in [-0.2, 0) is 13.5 Å². The molecule has 8 nitrogen and oxygen atoms in total. The predicted octanol–water partition coefficient (Wildman–Crippen LogP) is 1.11. The van der Waals surface area contributed by atoms with Crippen LogP contribution in [-0.4, -0.2) is 19.7 Å². The van der Waals surface area contributed by atoms with E-state index in [0.29, 0.717) is 12.3 Å². The van der Waals surface area contributed by atoms with E-state index in [0.717, 1.165) is 16.9 Å². The van der Waals surface area contributed by atoms with Gasteiger partial charge >= 0.3 is 5.69 Å². The molecule has 3 heterocycles. The second-order valence-corrected chi connectivity index (χ2v) is 5.74.